The summed E-state index contributed by atoms with van der Waals surface area (Å²) >= 11 is 0. The van der Waals surface area contributed by atoms with E-state index in [1.807, 2.05) is 68.1 Å². The number of fused-ring (bicyclic) bond motifs is 1. The first-order chi connectivity index (χ1) is 12.8. The number of phenols is 1. The lowest BCUT2D eigenvalue weighted by atomic mass is 10.0. The van der Waals surface area contributed by atoms with Crippen molar-refractivity contribution in [3.05, 3.63) is 65.2 Å². The van der Waals surface area contributed by atoms with Gasteiger partial charge in [0.25, 0.3) is 0 Å². The number of ether oxygens (including phenoxy) is 1. The minimum Gasteiger partial charge on any atom is -0.508 e. The average Bonchev–Trinajstić information content (AvgIpc) is 2.80. The summed E-state index contributed by atoms with van der Waals surface area (Å²) in [5, 5.41) is 9.90. The predicted octanol–water partition coefficient (Wildman–Crippen LogP) is 5.08. The molecule has 4 heteroatoms. The van der Waals surface area contributed by atoms with Gasteiger partial charge in [0.1, 0.15) is 11.4 Å². The number of aryl methyl sites for hydroxylation is 1. The first-order valence-corrected chi connectivity index (χ1v) is 9.66. The fourth-order valence-corrected chi connectivity index (χ4v) is 3.64. The number of phenolic OH excluding ortho intramolecular Hbond substituents is 1. The summed E-state index contributed by atoms with van der Waals surface area (Å²) in [5.74, 6) is 0.279. The van der Waals surface area contributed by atoms with Gasteiger partial charge in [-0.25, -0.2) is 4.79 Å². The normalized spacial score (nSPS) is 16.9. The first-order valence-electron chi connectivity index (χ1n) is 9.66. The van der Waals surface area contributed by atoms with Crippen molar-refractivity contribution < 1.29 is 14.6 Å². The van der Waals surface area contributed by atoms with E-state index in [4.69, 9.17) is 4.74 Å². The van der Waals surface area contributed by atoms with Crippen molar-refractivity contribution in [1.82, 2.24) is 4.90 Å². The van der Waals surface area contributed by atoms with Crippen molar-refractivity contribution in [3.8, 4) is 5.75 Å². The second kappa shape index (κ2) is 8.03. The Balaban J connectivity index is 1.88. The summed E-state index contributed by atoms with van der Waals surface area (Å²) in [6, 6.07) is 15.7. The molecular weight excluding hydrogens is 338 g/mol. The Morgan fingerprint density at radius 2 is 1.89 bits per heavy atom. The molecular formula is C23H29NO3. The lowest BCUT2D eigenvalue weighted by Gasteiger charge is -2.33. The van der Waals surface area contributed by atoms with E-state index in [9.17, 15) is 9.90 Å². The zero-order valence-electron chi connectivity index (χ0n) is 16.4. The Labute approximate surface area is 161 Å². The van der Waals surface area contributed by atoms with Gasteiger partial charge in [-0.05, 0) is 75.3 Å². The maximum atomic E-state index is 13.0. The van der Waals surface area contributed by atoms with Gasteiger partial charge in [0.05, 0.1) is 0 Å². The molecule has 0 spiro atoms. The fraction of sp³-hybridized carbons (Fsp3) is 0.435. The summed E-state index contributed by atoms with van der Waals surface area (Å²) < 4.78 is 5.72. The number of rotatable bonds is 3. The van der Waals surface area contributed by atoms with Crippen LogP contribution in [0, 0.1) is 0 Å². The number of carbonyl (C=O) groups excluding carboxylic acids is 1. The highest BCUT2D eigenvalue weighted by Gasteiger charge is 2.30. The number of hydrogen-bond acceptors (Lipinski definition) is 3. The highest BCUT2D eigenvalue weighted by Crippen LogP contribution is 2.28. The first kappa shape index (κ1) is 19.3. The summed E-state index contributed by atoms with van der Waals surface area (Å²) in [6.45, 7) is 6.21. The lowest BCUT2D eigenvalue weighted by molar-refractivity contribution is 0.0130. The van der Waals surface area contributed by atoms with Gasteiger partial charge >= 0.3 is 6.09 Å². The quantitative estimate of drug-likeness (QED) is 0.770. The number of benzene rings is 2. The van der Waals surface area contributed by atoms with Gasteiger partial charge in [0, 0.05) is 12.6 Å². The third-order valence-corrected chi connectivity index (χ3v) is 4.89. The van der Waals surface area contributed by atoms with Gasteiger partial charge in [-0.3, -0.25) is 0 Å². The van der Waals surface area contributed by atoms with Gasteiger partial charge in [0.15, 0.2) is 0 Å². The molecule has 0 fully saturated rings. The Morgan fingerprint density at radius 1 is 1.15 bits per heavy atom. The van der Waals surface area contributed by atoms with E-state index in [2.05, 4.69) is 0 Å². The number of hydrogen-bond donors (Lipinski definition) is 1. The standard InChI is InChI=1S/C23H29NO3/c1-23(2,3)27-22(26)24(16-17-8-5-4-6-9-17)20-11-7-10-18-12-13-21(25)15-19(18)14-20/h4-6,8-9,12-13,15,20,25H,7,10-11,14,16H2,1-3H3. The number of carbonyl (C=O) groups is 1. The van der Waals surface area contributed by atoms with Gasteiger partial charge in [-0.2, -0.15) is 0 Å². The number of amides is 1. The molecule has 0 aliphatic heterocycles. The lowest BCUT2D eigenvalue weighted by Crippen LogP contribution is -2.43. The largest absolute Gasteiger partial charge is 0.508 e. The van der Waals surface area contributed by atoms with E-state index in [1.165, 1.54) is 5.56 Å². The Bertz CT molecular complexity index is 780. The third kappa shape index (κ3) is 5.25. The molecule has 1 unspecified atom stereocenters. The van der Waals surface area contributed by atoms with E-state index < -0.39 is 5.60 Å². The van der Waals surface area contributed by atoms with Crippen molar-refractivity contribution in [2.24, 2.45) is 0 Å². The van der Waals surface area contributed by atoms with E-state index in [-0.39, 0.29) is 17.9 Å². The summed E-state index contributed by atoms with van der Waals surface area (Å²) in [5.41, 5.74) is 2.94. The molecule has 1 amide bonds. The van der Waals surface area contributed by atoms with Crippen LogP contribution in [-0.2, 0) is 24.1 Å². The molecule has 27 heavy (non-hydrogen) atoms. The van der Waals surface area contributed by atoms with Crippen molar-refractivity contribution >= 4 is 6.09 Å². The molecule has 0 aromatic heterocycles. The molecule has 0 heterocycles. The second-order valence-electron chi connectivity index (χ2n) is 8.30. The molecule has 0 bridgehead atoms. The Kier molecular flexibility index (Phi) is 5.73. The fourth-order valence-electron chi connectivity index (χ4n) is 3.64. The van der Waals surface area contributed by atoms with Crippen LogP contribution in [0.15, 0.2) is 48.5 Å². The molecule has 1 atom stereocenters. The molecule has 2 aromatic rings. The zero-order chi connectivity index (χ0) is 19.4. The highest BCUT2D eigenvalue weighted by atomic mass is 16.6. The maximum Gasteiger partial charge on any atom is 0.410 e. The molecule has 1 aliphatic rings. The van der Waals surface area contributed by atoms with E-state index in [1.54, 1.807) is 6.07 Å². The third-order valence-electron chi connectivity index (χ3n) is 4.89. The summed E-state index contributed by atoms with van der Waals surface area (Å²) in [6.07, 6.45) is 3.35. The molecule has 0 saturated carbocycles. The summed E-state index contributed by atoms with van der Waals surface area (Å²) in [4.78, 5) is 14.9. The van der Waals surface area contributed by atoms with Crippen LogP contribution in [0.4, 0.5) is 4.79 Å². The highest BCUT2D eigenvalue weighted by molar-refractivity contribution is 5.68. The predicted molar refractivity (Wildman–Crippen MR) is 107 cm³/mol. The van der Waals surface area contributed by atoms with Crippen LogP contribution in [0.1, 0.15) is 50.3 Å². The molecule has 1 aliphatic carbocycles. The van der Waals surface area contributed by atoms with Gasteiger partial charge in [-0.1, -0.05) is 36.4 Å². The van der Waals surface area contributed by atoms with Crippen LogP contribution in [0.3, 0.4) is 0 Å². The van der Waals surface area contributed by atoms with Crippen molar-refractivity contribution in [3.63, 3.8) is 0 Å². The summed E-state index contributed by atoms with van der Waals surface area (Å²) in [7, 11) is 0. The van der Waals surface area contributed by atoms with Crippen LogP contribution in [-0.4, -0.2) is 27.7 Å². The van der Waals surface area contributed by atoms with Gasteiger partial charge < -0.3 is 14.7 Å². The van der Waals surface area contributed by atoms with Crippen LogP contribution >= 0.6 is 0 Å². The monoisotopic (exact) mass is 367 g/mol. The minimum absolute atomic E-state index is 0.0445. The Morgan fingerprint density at radius 3 is 2.59 bits per heavy atom. The van der Waals surface area contributed by atoms with Crippen LogP contribution in [0.5, 0.6) is 5.75 Å². The molecule has 0 saturated heterocycles. The molecule has 3 rings (SSSR count). The van der Waals surface area contributed by atoms with Crippen molar-refractivity contribution in [1.29, 1.82) is 0 Å². The molecule has 144 valence electrons. The number of aromatic hydroxyl groups is 1. The molecule has 4 nitrogen and oxygen atoms in total. The van der Waals surface area contributed by atoms with Crippen LogP contribution in [0.25, 0.3) is 0 Å². The number of nitrogens with zero attached hydrogens (tertiary/aromatic N) is 1. The van der Waals surface area contributed by atoms with Crippen molar-refractivity contribution in [2.45, 2.75) is 64.6 Å². The molecule has 0 radical (unpaired) electrons. The second-order valence-corrected chi connectivity index (χ2v) is 8.30. The average molecular weight is 367 g/mol. The Hall–Kier alpha value is -2.49. The minimum atomic E-state index is -0.535. The van der Waals surface area contributed by atoms with Gasteiger partial charge in [-0.15, -0.1) is 0 Å². The van der Waals surface area contributed by atoms with Crippen LogP contribution < -0.4 is 0 Å². The van der Waals surface area contributed by atoms with Crippen LogP contribution in [0.2, 0.25) is 0 Å². The zero-order valence-corrected chi connectivity index (χ0v) is 16.4. The maximum absolute atomic E-state index is 13.0. The van der Waals surface area contributed by atoms with Crippen molar-refractivity contribution in [2.75, 3.05) is 0 Å². The molecule has 1 N–H and O–H groups in total. The topological polar surface area (TPSA) is 49.8 Å². The van der Waals surface area contributed by atoms with E-state index >= 15 is 0 Å². The van der Waals surface area contributed by atoms with E-state index in [0.717, 1.165) is 36.8 Å². The molecule has 2 aromatic carbocycles. The smallest absolute Gasteiger partial charge is 0.410 e. The van der Waals surface area contributed by atoms with Gasteiger partial charge in [0.2, 0.25) is 0 Å². The SMILES string of the molecule is CC(C)(C)OC(=O)N(Cc1ccccc1)C1CCCc2ccc(O)cc2C1. The van der Waals surface area contributed by atoms with E-state index in [0.29, 0.717) is 6.54 Å².